The number of hydrogen-bond donors (Lipinski definition) is 1. The molecule has 138 valence electrons. The SMILES string of the molecule is Cc1ccc(S(=O)(=O)NCCC2(Cl)C(=O)N(C)c3cc(C)ccc32)cc1. The third-order valence-electron chi connectivity index (χ3n) is 4.68. The van der Waals surface area contributed by atoms with Gasteiger partial charge >= 0.3 is 0 Å². The highest BCUT2D eigenvalue weighted by molar-refractivity contribution is 7.89. The molecule has 0 aliphatic carbocycles. The van der Waals surface area contributed by atoms with Gasteiger partial charge in [-0.05, 0) is 44.0 Å². The Labute approximate surface area is 159 Å². The number of hydrogen-bond acceptors (Lipinski definition) is 3. The molecule has 1 N–H and O–H groups in total. The lowest BCUT2D eigenvalue weighted by molar-refractivity contribution is -0.120. The van der Waals surface area contributed by atoms with Crippen LogP contribution in [-0.4, -0.2) is 27.9 Å². The molecular weight excluding hydrogens is 372 g/mol. The minimum Gasteiger partial charge on any atom is -0.313 e. The molecule has 1 unspecified atom stereocenters. The molecule has 0 bridgehead atoms. The predicted octanol–water partition coefficient (Wildman–Crippen LogP) is 3.08. The summed E-state index contributed by atoms with van der Waals surface area (Å²) in [4.78, 5) is 13.1. The Hall–Kier alpha value is -1.89. The van der Waals surface area contributed by atoms with Crippen molar-refractivity contribution in [3.8, 4) is 0 Å². The zero-order valence-electron chi connectivity index (χ0n) is 14.9. The first kappa shape index (κ1) is 18.9. The second-order valence-corrected chi connectivity index (χ2v) is 9.06. The molecule has 0 radical (unpaired) electrons. The Bertz CT molecular complexity index is 957. The number of carbonyl (C=O) groups excluding carboxylic acids is 1. The Morgan fingerprint density at radius 3 is 2.35 bits per heavy atom. The smallest absolute Gasteiger partial charge is 0.252 e. The number of aryl methyl sites for hydroxylation is 2. The Morgan fingerprint density at radius 2 is 1.69 bits per heavy atom. The molecule has 1 heterocycles. The molecule has 2 aromatic carbocycles. The first-order valence-electron chi connectivity index (χ1n) is 8.30. The van der Waals surface area contributed by atoms with Crippen molar-refractivity contribution in [2.45, 2.75) is 30.0 Å². The normalized spacial score (nSPS) is 19.7. The molecule has 2 aromatic rings. The van der Waals surface area contributed by atoms with E-state index < -0.39 is 14.9 Å². The summed E-state index contributed by atoms with van der Waals surface area (Å²) >= 11 is 6.67. The maximum atomic E-state index is 12.7. The van der Waals surface area contributed by atoms with Gasteiger partial charge in [0.25, 0.3) is 5.91 Å². The van der Waals surface area contributed by atoms with E-state index in [0.717, 1.165) is 16.8 Å². The Kier molecular flexibility index (Phi) is 4.86. The van der Waals surface area contributed by atoms with Crippen molar-refractivity contribution in [2.24, 2.45) is 0 Å². The highest BCUT2D eigenvalue weighted by Gasteiger charge is 2.48. The molecule has 0 saturated heterocycles. The van der Waals surface area contributed by atoms with E-state index in [-0.39, 0.29) is 23.8 Å². The molecule has 1 aliphatic heterocycles. The Morgan fingerprint density at radius 1 is 1.08 bits per heavy atom. The minimum absolute atomic E-state index is 0.0621. The molecule has 1 aliphatic rings. The fourth-order valence-corrected chi connectivity index (χ4v) is 4.56. The van der Waals surface area contributed by atoms with Crippen molar-refractivity contribution in [3.63, 3.8) is 0 Å². The number of benzene rings is 2. The summed E-state index contributed by atoms with van der Waals surface area (Å²) in [5.41, 5.74) is 3.50. The molecule has 0 aromatic heterocycles. The number of alkyl halides is 1. The lowest BCUT2D eigenvalue weighted by Gasteiger charge is -2.21. The zero-order chi connectivity index (χ0) is 19.1. The third kappa shape index (κ3) is 3.24. The molecule has 7 heteroatoms. The fraction of sp³-hybridized carbons (Fsp3) is 0.316. The van der Waals surface area contributed by atoms with Gasteiger partial charge in [-0.25, -0.2) is 13.1 Å². The highest BCUT2D eigenvalue weighted by atomic mass is 35.5. The summed E-state index contributed by atoms with van der Waals surface area (Å²) in [5, 5.41) is 0. The first-order valence-corrected chi connectivity index (χ1v) is 10.2. The summed E-state index contributed by atoms with van der Waals surface area (Å²) in [6.45, 7) is 3.90. The predicted molar refractivity (Wildman–Crippen MR) is 103 cm³/mol. The molecule has 1 atom stereocenters. The zero-order valence-corrected chi connectivity index (χ0v) is 16.5. The number of nitrogens with one attached hydrogen (secondary N) is 1. The van der Waals surface area contributed by atoms with Gasteiger partial charge in [0, 0.05) is 24.8 Å². The van der Waals surface area contributed by atoms with Gasteiger partial charge in [-0.15, -0.1) is 11.6 Å². The molecule has 1 amide bonds. The Balaban J connectivity index is 1.77. The number of nitrogens with zero attached hydrogens (tertiary/aromatic N) is 1. The van der Waals surface area contributed by atoms with Crippen molar-refractivity contribution >= 4 is 33.2 Å². The van der Waals surface area contributed by atoms with Crippen LogP contribution in [0.3, 0.4) is 0 Å². The third-order valence-corrected chi connectivity index (χ3v) is 6.71. The van der Waals surface area contributed by atoms with E-state index in [1.54, 1.807) is 31.3 Å². The summed E-state index contributed by atoms with van der Waals surface area (Å²) in [5.74, 6) is -0.241. The van der Waals surface area contributed by atoms with Crippen LogP contribution in [0.4, 0.5) is 5.69 Å². The van der Waals surface area contributed by atoms with Crippen molar-refractivity contribution in [3.05, 3.63) is 59.2 Å². The van der Waals surface area contributed by atoms with Gasteiger partial charge < -0.3 is 4.90 Å². The number of amides is 1. The highest BCUT2D eigenvalue weighted by Crippen LogP contribution is 2.46. The van der Waals surface area contributed by atoms with Crippen molar-refractivity contribution in [1.29, 1.82) is 0 Å². The lowest BCUT2D eigenvalue weighted by Crippen LogP contribution is -2.37. The number of fused-ring (bicyclic) bond motifs is 1. The van der Waals surface area contributed by atoms with E-state index in [2.05, 4.69) is 4.72 Å². The van der Waals surface area contributed by atoms with Gasteiger partial charge in [0.1, 0.15) is 0 Å². The van der Waals surface area contributed by atoms with Crippen LogP contribution in [0.15, 0.2) is 47.4 Å². The number of halogens is 1. The molecule has 5 nitrogen and oxygen atoms in total. The van der Waals surface area contributed by atoms with Crippen LogP contribution in [0, 0.1) is 13.8 Å². The first-order chi connectivity index (χ1) is 12.1. The van der Waals surface area contributed by atoms with E-state index in [1.165, 1.54) is 4.90 Å². The van der Waals surface area contributed by atoms with Crippen molar-refractivity contribution < 1.29 is 13.2 Å². The average molecular weight is 393 g/mol. The number of carbonyl (C=O) groups is 1. The van der Waals surface area contributed by atoms with E-state index in [9.17, 15) is 13.2 Å². The van der Waals surface area contributed by atoms with E-state index >= 15 is 0 Å². The number of sulfonamides is 1. The van der Waals surface area contributed by atoms with E-state index in [0.29, 0.717) is 5.56 Å². The molecule has 0 spiro atoms. The maximum absolute atomic E-state index is 12.7. The monoisotopic (exact) mass is 392 g/mol. The van der Waals surface area contributed by atoms with Crippen LogP contribution in [0.2, 0.25) is 0 Å². The molecule has 26 heavy (non-hydrogen) atoms. The maximum Gasteiger partial charge on any atom is 0.252 e. The summed E-state index contributed by atoms with van der Waals surface area (Å²) in [7, 11) is -1.96. The quantitative estimate of drug-likeness (QED) is 0.795. The van der Waals surface area contributed by atoms with Gasteiger partial charge in [0.05, 0.1) is 4.90 Å². The molecule has 3 rings (SSSR count). The number of anilines is 1. The van der Waals surface area contributed by atoms with E-state index in [4.69, 9.17) is 11.6 Å². The van der Waals surface area contributed by atoms with Gasteiger partial charge in [0.2, 0.25) is 10.0 Å². The minimum atomic E-state index is -3.64. The van der Waals surface area contributed by atoms with Crippen LogP contribution >= 0.6 is 11.6 Å². The van der Waals surface area contributed by atoms with Crippen LogP contribution in [0.5, 0.6) is 0 Å². The van der Waals surface area contributed by atoms with Gasteiger partial charge in [-0.1, -0.05) is 29.8 Å². The van der Waals surface area contributed by atoms with Crippen LogP contribution in [0.1, 0.15) is 23.1 Å². The summed E-state index contributed by atoms with van der Waals surface area (Å²) in [6, 6.07) is 12.2. The standard InChI is InChI=1S/C19H21ClN2O3S/c1-13-4-7-15(8-5-13)26(24,25)21-11-10-19(20)16-9-6-14(2)12-17(16)22(3)18(19)23/h4-9,12,21H,10-11H2,1-3H3. The van der Waals surface area contributed by atoms with Crippen LogP contribution < -0.4 is 9.62 Å². The fourth-order valence-electron chi connectivity index (χ4n) is 3.14. The topological polar surface area (TPSA) is 66.5 Å². The van der Waals surface area contributed by atoms with Crippen molar-refractivity contribution in [2.75, 3.05) is 18.5 Å². The van der Waals surface area contributed by atoms with Gasteiger partial charge in [0.15, 0.2) is 4.87 Å². The lowest BCUT2D eigenvalue weighted by atomic mass is 9.95. The second kappa shape index (κ2) is 6.68. The van der Waals surface area contributed by atoms with Gasteiger partial charge in [-0.2, -0.15) is 0 Å². The average Bonchev–Trinajstić information content (AvgIpc) is 2.77. The van der Waals surface area contributed by atoms with E-state index in [1.807, 2.05) is 32.0 Å². The summed E-state index contributed by atoms with van der Waals surface area (Å²) in [6.07, 6.45) is 0.166. The largest absolute Gasteiger partial charge is 0.313 e. The van der Waals surface area contributed by atoms with Gasteiger partial charge in [-0.3, -0.25) is 4.79 Å². The van der Waals surface area contributed by atoms with Crippen molar-refractivity contribution in [1.82, 2.24) is 4.72 Å². The van der Waals surface area contributed by atoms with Crippen LogP contribution in [0.25, 0.3) is 0 Å². The molecule has 0 fully saturated rings. The molecule has 0 saturated carbocycles. The second-order valence-electron chi connectivity index (χ2n) is 6.65. The molecular formula is C19H21ClN2O3S. The number of likely N-dealkylation sites (N-methyl/N-ethyl adjacent to an activating group) is 1. The number of rotatable bonds is 5. The van der Waals surface area contributed by atoms with Crippen LogP contribution in [-0.2, 0) is 19.7 Å². The summed E-state index contributed by atoms with van der Waals surface area (Å²) < 4.78 is 27.4.